The van der Waals surface area contributed by atoms with Crippen molar-refractivity contribution in [1.29, 1.82) is 0 Å². The number of amides is 2. The number of carbonyl (C=O) groups is 2. The maximum Gasteiger partial charge on any atom is 0.285 e. The molecule has 6 nitrogen and oxygen atoms in total. The molecule has 3 heterocycles. The molecule has 2 amide bonds. The Hall–Kier alpha value is -3.64. The number of hydrogen-bond donors (Lipinski definition) is 0. The third kappa shape index (κ3) is 2.46. The average molecular weight is 386 g/mol. The van der Waals surface area contributed by atoms with E-state index in [4.69, 9.17) is 9.15 Å². The summed E-state index contributed by atoms with van der Waals surface area (Å²) in [5.41, 5.74) is 1.35. The van der Waals surface area contributed by atoms with Gasteiger partial charge in [-0.15, -0.1) is 0 Å². The van der Waals surface area contributed by atoms with Crippen LogP contribution in [-0.4, -0.2) is 18.9 Å². The van der Waals surface area contributed by atoms with Crippen LogP contribution in [0, 0.1) is 0 Å². The van der Waals surface area contributed by atoms with E-state index < -0.39 is 5.72 Å². The molecule has 0 bridgehead atoms. The summed E-state index contributed by atoms with van der Waals surface area (Å²) < 4.78 is 11.5. The number of carbonyl (C=O) groups excluding carboxylic acids is 2. The van der Waals surface area contributed by atoms with Crippen molar-refractivity contribution in [2.75, 3.05) is 16.8 Å². The van der Waals surface area contributed by atoms with E-state index >= 15 is 0 Å². The summed E-state index contributed by atoms with van der Waals surface area (Å²) in [4.78, 5) is 29.9. The van der Waals surface area contributed by atoms with Gasteiger partial charge in [0.1, 0.15) is 5.76 Å². The van der Waals surface area contributed by atoms with Crippen molar-refractivity contribution < 1.29 is 18.7 Å². The molecular weight excluding hydrogens is 368 g/mol. The second-order valence-electron chi connectivity index (χ2n) is 6.97. The second-order valence-corrected chi connectivity index (χ2v) is 6.97. The fraction of sp³-hybridized carbons (Fsp3) is 0.130. The first-order valence-corrected chi connectivity index (χ1v) is 9.28. The Kier molecular flexibility index (Phi) is 3.89. The van der Waals surface area contributed by atoms with Crippen molar-refractivity contribution in [3.63, 3.8) is 0 Å². The summed E-state index contributed by atoms with van der Waals surface area (Å²) in [6.45, 7) is 0.232. The van der Waals surface area contributed by atoms with E-state index in [0.717, 1.165) is 11.3 Å². The van der Waals surface area contributed by atoms with E-state index in [0.29, 0.717) is 17.0 Å². The standard InChI is InChI=1S/C23H18N2O4/c1-24-20-11-5-3-9-18(20)23(22(24)27)25(19-10-4-2-7-16(19)15-29-23)21(26)13-12-17-8-6-14-28-17/h2-14H,15H2,1H3/b13-12+/t23-/m1/s1. The predicted octanol–water partition coefficient (Wildman–Crippen LogP) is 3.69. The number of hydrogen-bond acceptors (Lipinski definition) is 4. The molecule has 0 fully saturated rings. The highest BCUT2D eigenvalue weighted by molar-refractivity contribution is 6.16. The van der Waals surface area contributed by atoms with Gasteiger partial charge in [0, 0.05) is 24.3 Å². The molecule has 0 N–H and O–H groups in total. The van der Waals surface area contributed by atoms with Crippen LogP contribution in [-0.2, 0) is 26.7 Å². The summed E-state index contributed by atoms with van der Waals surface area (Å²) in [5, 5.41) is 0. The fourth-order valence-electron chi connectivity index (χ4n) is 4.02. The van der Waals surface area contributed by atoms with Gasteiger partial charge in [0.2, 0.25) is 0 Å². The summed E-state index contributed by atoms with van der Waals surface area (Å²) in [7, 11) is 1.70. The Morgan fingerprint density at radius 3 is 2.59 bits per heavy atom. The molecule has 2 aromatic carbocycles. The van der Waals surface area contributed by atoms with Crippen molar-refractivity contribution in [2.24, 2.45) is 0 Å². The Balaban J connectivity index is 1.69. The lowest BCUT2D eigenvalue weighted by atomic mass is 9.97. The number of furan rings is 1. The number of rotatable bonds is 2. The van der Waals surface area contributed by atoms with Gasteiger partial charge in [-0.25, -0.2) is 0 Å². The molecule has 1 spiro atoms. The molecule has 0 saturated carbocycles. The Morgan fingerprint density at radius 2 is 1.79 bits per heavy atom. The lowest BCUT2D eigenvalue weighted by Gasteiger charge is -2.43. The van der Waals surface area contributed by atoms with Gasteiger partial charge in [-0.05, 0) is 30.3 Å². The lowest BCUT2D eigenvalue weighted by Crippen LogP contribution is -2.58. The molecule has 6 heteroatoms. The van der Waals surface area contributed by atoms with Crippen LogP contribution >= 0.6 is 0 Å². The molecule has 5 rings (SSSR count). The highest BCUT2D eigenvalue weighted by atomic mass is 16.5. The number of fused-ring (bicyclic) bond motifs is 3. The molecule has 144 valence electrons. The quantitative estimate of drug-likeness (QED) is 0.630. The third-order valence-corrected chi connectivity index (χ3v) is 5.36. The van der Waals surface area contributed by atoms with E-state index in [1.54, 1.807) is 30.2 Å². The monoisotopic (exact) mass is 386 g/mol. The molecule has 0 unspecified atom stereocenters. The largest absolute Gasteiger partial charge is 0.465 e. The van der Waals surface area contributed by atoms with Crippen LogP contribution in [0.5, 0.6) is 0 Å². The molecule has 1 atom stereocenters. The van der Waals surface area contributed by atoms with E-state index in [2.05, 4.69) is 0 Å². The summed E-state index contributed by atoms with van der Waals surface area (Å²) in [5.74, 6) is -0.117. The van der Waals surface area contributed by atoms with Crippen LogP contribution in [0.3, 0.4) is 0 Å². The normalized spacial score (nSPS) is 20.4. The minimum Gasteiger partial charge on any atom is -0.465 e. The van der Waals surface area contributed by atoms with E-state index in [1.165, 1.54) is 17.2 Å². The molecule has 3 aromatic rings. The minimum absolute atomic E-state index is 0.232. The topological polar surface area (TPSA) is 63.0 Å². The number of para-hydroxylation sites is 2. The van der Waals surface area contributed by atoms with Gasteiger partial charge in [-0.2, -0.15) is 0 Å². The van der Waals surface area contributed by atoms with Crippen molar-refractivity contribution in [2.45, 2.75) is 12.3 Å². The maximum atomic E-state index is 13.5. The first-order chi connectivity index (χ1) is 14.1. The Bertz CT molecular complexity index is 1140. The number of nitrogens with zero attached hydrogens (tertiary/aromatic N) is 2. The first-order valence-electron chi connectivity index (χ1n) is 9.28. The highest BCUT2D eigenvalue weighted by Gasteiger charge is 2.59. The molecule has 0 aliphatic carbocycles. The van der Waals surface area contributed by atoms with Gasteiger partial charge in [-0.3, -0.25) is 14.5 Å². The molecular formula is C23H18N2O4. The summed E-state index contributed by atoms with van der Waals surface area (Å²) in [6, 6.07) is 18.4. The van der Waals surface area contributed by atoms with Crippen LogP contribution in [0.2, 0.25) is 0 Å². The first kappa shape index (κ1) is 17.5. The van der Waals surface area contributed by atoms with E-state index in [9.17, 15) is 9.59 Å². The molecule has 2 aliphatic heterocycles. The van der Waals surface area contributed by atoms with Crippen LogP contribution in [0.25, 0.3) is 6.08 Å². The predicted molar refractivity (Wildman–Crippen MR) is 108 cm³/mol. The zero-order valence-corrected chi connectivity index (χ0v) is 15.7. The number of ether oxygens (including phenoxy) is 1. The van der Waals surface area contributed by atoms with Crippen molar-refractivity contribution in [3.8, 4) is 0 Å². The molecule has 1 aromatic heterocycles. The van der Waals surface area contributed by atoms with E-state index in [1.807, 2.05) is 48.5 Å². The van der Waals surface area contributed by atoms with Gasteiger partial charge in [0.25, 0.3) is 17.5 Å². The van der Waals surface area contributed by atoms with Gasteiger partial charge >= 0.3 is 0 Å². The number of benzene rings is 2. The van der Waals surface area contributed by atoms with Crippen molar-refractivity contribution >= 4 is 29.3 Å². The van der Waals surface area contributed by atoms with Crippen LogP contribution in [0.4, 0.5) is 11.4 Å². The van der Waals surface area contributed by atoms with Crippen molar-refractivity contribution in [1.82, 2.24) is 0 Å². The van der Waals surface area contributed by atoms with Crippen LogP contribution in [0.15, 0.2) is 77.4 Å². The Labute approximate surface area is 167 Å². The van der Waals surface area contributed by atoms with Crippen molar-refractivity contribution in [3.05, 3.63) is 89.9 Å². The SMILES string of the molecule is CN1C(=O)[C@]2(OCc3ccccc3N2C(=O)/C=C/c2ccco2)c2ccccc21. The smallest absolute Gasteiger partial charge is 0.285 e. The third-order valence-electron chi connectivity index (χ3n) is 5.36. The average Bonchev–Trinajstić information content (AvgIpc) is 3.35. The molecule has 2 aliphatic rings. The molecule has 29 heavy (non-hydrogen) atoms. The molecule has 0 radical (unpaired) electrons. The fourth-order valence-corrected chi connectivity index (χ4v) is 4.02. The second kappa shape index (κ2) is 6.46. The van der Waals surface area contributed by atoms with Gasteiger partial charge < -0.3 is 14.1 Å². The Morgan fingerprint density at radius 1 is 1.03 bits per heavy atom. The van der Waals surface area contributed by atoms with E-state index in [-0.39, 0.29) is 18.4 Å². The maximum absolute atomic E-state index is 13.5. The van der Waals surface area contributed by atoms with Gasteiger partial charge in [0.15, 0.2) is 0 Å². The zero-order chi connectivity index (χ0) is 20.0. The van der Waals surface area contributed by atoms with Gasteiger partial charge in [-0.1, -0.05) is 36.4 Å². The number of anilines is 2. The summed E-state index contributed by atoms with van der Waals surface area (Å²) in [6.07, 6.45) is 4.53. The minimum atomic E-state index is -1.54. The van der Waals surface area contributed by atoms with Gasteiger partial charge in [0.05, 0.1) is 24.2 Å². The van der Waals surface area contributed by atoms with Crippen LogP contribution < -0.4 is 9.80 Å². The molecule has 0 saturated heterocycles. The summed E-state index contributed by atoms with van der Waals surface area (Å²) >= 11 is 0. The van der Waals surface area contributed by atoms with Crippen LogP contribution in [0.1, 0.15) is 16.9 Å². The number of likely N-dealkylation sites (N-methyl/N-ethyl adjacent to an activating group) is 1. The zero-order valence-electron chi connectivity index (χ0n) is 15.7. The lowest BCUT2D eigenvalue weighted by molar-refractivity contribution is -0.151. The highest BCUT2D eigenvalue weighted by Crippen LogP contribution is 2.49.